The van der Waals surface area contributed by atoms with Gasteiger partial charge in [0.2, 0.25) is 0 Å². The first kappa shape index (κ1) is 10.8. The number of pyridine rings is 1. The smallest absolute Gasteiger partial charge is 0.129 e. The third kappa shape index (κ3) is 2.09. The van der Waals surface area contributed by atoms with Gasteiger partial charge in [-0.1, -0.05) is 18.2 Å². The molecule has 0 aliphatic rings. The molecule has 0 spiro atoms. The first-order chi connectivity index (χ1) is 7.68. The first-order valence-electron chi connectivity index (χ1n) is 5.03. The maximum atomic E-state index is 13.6. The summed E-state index contributed by atoms with van der Waals surface area (Å²) < 4.78 is 13.6. The van der Waals surface area contributed by atoms with E-state index >= 15 is 0 Å². The number of rotatable bonds is 2. The van der Waals surface area contributed by atoms with Gasteiger partial charge in [-0.25, -0.2) is 4.39 Å². The van der Waals surface area contributed by atoms with Gasteiger partial charge >= 0.3 is 0 Å². The van der Waals surface area contributed by atoms with Crippen molar-refractivity contribution in [3.63, 3.8) is 0 Å². The molecule has 1 aromatic heterocycles. The van der Waals surface area contributed by atoms with Crippen molar-refractivity contribution in [2.45, 2.75) is 13.0 Å². The molecule has 0 bridgehead atoms. The Balaban J connectivity index is 2.38. The van der Waals surface area contributed by atoms with Crippen LogP contribution < -0.4 is 0 Å². The average molecular weight is 217 g/mol. The van der Waals surface area contributed by atoms with E-state index in [0.717, 1.165) is 5.56 Å². The van der Waals surface area contributed by atoms with Gasteiger partial charge in [0.1, 0.15) is 11.9 Å². The fourth-order valence-electron chi connectivity index (χ4n) is 1.55. The molecule has 0 saturated heterocycles. The normalized spacial score (nSPS) is 12.4. The summed E-state index contributed by atoms with van der Waals surface area (Å²) in [5, 5.41) is 9.96. The van der Waals surface area contributed by atoms with Crippen LogP contribution >= 0.6 is 0 Å². The molecule has 0 saturated carbocycles. The predicted octanol–water partition coefficient (Wildman–Crippen LogP) is 2.61. The third-order valence-electron chi connectivity index (χ3n) is 2.42. The molecule has 2 rings (SSSR count). The van der Waals surface area contributed by atoms with Crippen molar-refractivity contribution in [1.82, 2.24) is 4.98 Å². The van der Waals surface area contributed by atoms with Gasteiger partial charge in [-0.3, -0.25) is 4.98 Å². The number of hydrogen-bond donors (Lipinski definition) is 1. The molecule has 2 nitrogen and oxygen atoms in total. The number of nitrogens with zero attached hydrogens (tertiary/aromatic N) is 1. The number of benzene rings is 1. The molecule has 1 atom stereocenters. The Bertz CT molecular complexity index is 485. The third-order valence-corrected chi connectivity index (χ3v) is 2.42. The van der Waals surface area contributed by atoms with Crippen LogP contribution in [0.1, 0.15) is 22.9 Å². The topological polar surface area (TPSA) is 33.1 Å². The van der Waals surface area contributed by atoms with Gasteiger partial charge in [0.05, 0.1) is 5.69 Å². The monoisotopic (exact) mass is 217 g/mol. The Morgan fingerprint density at radius 1 is 1.25 bits per heavy atom. The lowest BCUT2D eigenvalue weighted by molar-refractivity contribution is 0.210. The number of hydrogen-bond acceptors (Lipinski definition) is 2. The maximum Gasteiger partial charge on any atom is 0.129 e. The number of aromatic nitrogens is 1. The van der Waals surface area contributed by atoms with E-state index in [4.69, 9.17) is 0 Å². The zero-order valence-electron chi connectivity index (χ0n) is 8.89. The van der Waals surface area contributed by atoms with Crippen LogP contribution in [0.25, 0.3) is 0 Å². The Labute approximate surface area is 93.4 Å². The fourth-order valence-corrected chi connectivity index (χ4v) is 1.55. The molecule has 1 aromatic carbocycles. The highest BCUT2D eigenvalue weighted by molar-refractivity contribution is 5.29. The van der Waals surface area contributed by atoms with Gasteiger partial charge in [0.15, 0.2) is 0 Å². The summed E-state index contributed by atoms with van der Waals surface area (Å²) in [5.74, 6) is -0.404. The Hall–Kier alpha value is -1.74. The second-order valence-corrected chi connectivity index (χ2v) is 3.68. The SMILES string of the molecule is Cc1ccc(C(O)c2ccccn2)c(F)c1. The van der Waals surface area contributed by atoms with E-state index in [-0.39, 0.29) is 5.56 Å². The van der Waals surface area contributed by atoms with Gasteiger partial charge in [-0.2, -0.15) is 0 Å². The standard InChI is InChI=1S/C13H12FNO/c1-9-5-6-10(11(14)8-9)13(16)12-4-2-3-7-15-12/h2-8,13,16H,1H3. The van der Waals surface area contributed by atoms with E-state index in [1.807, 2.05) is 0 Å². The minimum atomic E-state index is -1.01. The van der Waals surface area contributed by atoms with Crippen molar-refractivity contribution >= 4 is 0 Å². The van der Waals surface area contributed by atoms with Gasteiger partial charge in [0.25, 0.3) is 0 Å². The molecule has 1 heterocycles. The molecule has 0 radical (unpaired) electrons. The Morgan fingerprint density at radius 2 is 2.06 bits per heavy atom. The van der Waals surface area contributed by atoms with E-state index in [0.29, 0.717) is 5.69 Å². The number of aryl methyl sites for hydroxylation is 1. The fraction of sp³-hybridized carbons (Fsp3) is 0.154. The summed E-state index contributed by atoms with van der Waals surface area (Å²) in [5.41, 5.74) is 1.53. The van der Waals surface area contributed by atoms with E-state index in [9.17, 15) is 9.50 Å². The minimum absolute atomic E-state index is 0.254. The molecule has 0 amide bonds. The molecule has 2 aromatic rings. The van der Waals surface area contributed by atoms with Crippen LogP contribution in [0.4, 0.5) is 4.39 Å². The van der Waals surface area contributed by atoms with Crippen molar-refractivity contribution < 1.29 is 9.50 Å². The quantitative estimate of drug-likeness (QED) is 0.838. The highest BCUT2D eigenvalue weighted by Crippen LogP contribution is 2.23. The first-order valence-corrected chi connectivity index (χ1v) is 5.03. The van der Waals surface area contributed by atoms with Crippen LogP contribution in [-0.4, -0.2) is 10.1 Å². The van der Waals surface area contributed by atoms with Gasteiger partial charge in [0, 0.05) is 11.8 Å². The van der Waals surface area contributed by atoms with Gasteiger partial charge < -0.3 is 5.11 Å². The summed E-state index contributed by atoms with van der Waals surface area (Å²) in [4.78, 5) is 4.00. The Kier molecular flexibility index (Phi) is 2.97. The lowest BCUT2D eigenvalue weighted by atomic mass is 10.0. The van der Waals surface area contributed by atoms with Crippen molar-refractivity contribution in [3.05, 3.63) is 65.2 Å². The van der Waals surface area contributed by atoms with Gasteiger partial charge in [-0.05, 0) is 30.7 Å². The largest absolute Gasteiger partial charge is 0.382 e. The van der Waals surface area contributed by atoms with Gasteiger partial charge in [-0.15, -0.1) is 0 Å². The van der Waals surface area contributed by atoms with Crippen LogP contribution in [0.2, 0.25) is 0 Å². The highest BCUT2D eigenvalue weighted by Gasteiger charge is 2.15. The summed E-state index contributed by atoms with van der Waals surface area (Å²) in [6.07, 6.45) is 0.562. The lowest BCUT2D eigenvalue weighted by Gasteiger charge is -2.11. The zero-order chi connectivity index (χ0) is 11.5. The van der Waals surface area contributed by atoms with Crippen molar-refractivity contribution in [2.24, 2.45) is 0 Å². The van der Waals surface area contributed by atoms with Crippen LogP contribution in [0.15, 0.2) is 42.6 Å². The zero-order valence-corrected chi connectivity index (χ0v) is 8.89. The summed E-state index contributed by atoms with van der Waals surface area (Å²) in [6, 6.07) is 9.94. The molecule has 3 heteroatoms. The lowest BCUT2D eigenvalue weighted by Crippen LogP contribution is -2.04. The average Bonchev–Trinajstić information content (AvgIpc) is 2.29. The number of aliphatic hydroxyl groups excluding tert-OH is 1. The summed E-state index contributed by atoms with van der Waals surface area (Å²) in [7, 11) is 0. The van der Waals surface area contributed by atoms with Crippen molar-refractivity contribution in [3.8, 4) is 0 Å². The molecular formula is C13H12FNO. The molecule has 0 fully saturated rings. The van der Waals surface area contributed by atoms with Crippen LogP contribution in [0, 0.1) is 12.7 Å². The molecule has 82 valence electrons. The number of halogens is 1. The second kappa shape index (κ2) is 4.41. The number of aliphatic hydroxyl groups is 1. The molecule has 16 heavy (non-hydrogen) atoms. The molecule has 1 N–H and O–H groups in total. The molecule has 1 unspecified atom stereocenters. The van der Waals surface area contributed by atoms with Crippen molar-refractivity contribution in [2.75, 3.05) is 0 Å². The summed E-state index contributed by atoms with van der Waals surface area (Å²) >= 11 is 0. The summed E-state index contributed by atoms with van der Waals surface area (Å²) in [6.45, 7) is 1.81. The molecule has 0 aliphatic carbocycles. The molecular weight excluding hydrogens is 205 g/mol. The maximum absolute atomic E-state index is 13.6. The minimum Gasteiger partial charge on any atom is -0.382 e. The molecule has 0 aliphatic heterocycles. The highest BCUT2D eigenvalue weighted by atomic mass is 19.1. The predicted molar refractivity (Wildman–Crippen MR) is 59.4 cm³/mol. The van der Waals surface area contributed by atoms with E-state index < -0.39 is 11.9 Å². The van der Waals surface area contributed by atoms with Crippen LogP contribution in [0.5, 0.6) is 0 Å². The van der Waals surface area contributed by atoms with Crippen molar-refractivity contribution in [1.29, 1.82) is 0 Å². The van der Waals surface area contributed by atoms with E-state index in [1.54, 1.807) is 43.5 Å². The van der Waals surface area contributed by atoms with Crippen LogP contribution in [-0.2, 0) is 0 Å². The Morgan fingerprint density at radius 3 is 2.69 bits per heavy atom. The van der Waals surface area contributed by atoms with Crippen LogP contribution in [0.3, 0.4) is 0 Å². The van der Waals surface area contributed by atoms with E-state index in [2.05, 4.69) is 4.98 Å². The van der Waals surface area contributed by atoms with E-state index in [1.165, 1.54) is 6.07 Å². The second-order valence-electron chi connectivity index (χ2n) is 3.68.